The number of hydrogen-bond donors (Lipinski definition) is 2. The lowest BCUT2D eigenvalue weighted by atomic mass is 10.3. The van der Waals surface area contributed by atoms with Crippen LogP contribution in [0, 0.1) is 5.82 Å². The quantitative estimate of drug-likeness (QED) is 0.800. The van der Waals surface area contributed by atoms with Crippen LogP contribution in [0.4, 0.5) is 9.18 Å². The van der Waals surface area contributed by atoms with Crippen molar-refractivity contribution in [3.05, 3.63) is 60.2 Å². The van der Waals surface area contributed by atoms with E-state index in [0.717, 1.165) is 5.56 Å². The van der Waals surface area contributed by atoms with Crippen molar-refractivity contribution in [2.45, 2.75) is 6.54 Å². The molecule has 0 aliphatic heterocycles. The number of carbonyl (C=O) groups excluding carboxylic acids is 1. The first-order valence-corrected chi connectivity index (χ1v) is 6.53. The summed E-state index contributed by atoms with van der Waals surface area (Å²) in [5, 5.41) is 5.37. The molecule has 0 saturated carbocycles. The molecule has 21 heavy (non-hydrogen) atoms. The van der Waals surface area contributed by atoms with Gasteiger partial charge in [0.15, 0.2) is 0 Å². The van der Waals surface area contributed by atoms with E-state index >= 15 is 0 Å². The number of nitrogens with one attached hydrogen (secondary N) is 2. The summed E-state index contributed by atoms with van der Waals surface area (Å²) in [5.41, 5.74) is 0.926. The molecule has 1 aromatic heterocycles. The van der Waals surface area contributed by atoms with Gasteiger partial charge in [-0.3, -0.25) is 4.98 Å². The van der Waals surface area contributed by atoms with Crippen LogP contribution in [0.1, 0.15) is 5.56 Å². The van der Waals surface area contributed by atoms with Gasteiger partial charge in [-0.05, 0) is 35.9 Å². The number of benzene rings is 1. The number of halogens is 1. The van der Waals surface area contributed by atoms with Crippen LogP contribution in [-0.2, 0) is 6.54 Å². The molecular formula is C15H16FN3O2. The number of pyridine rings is 1. The first kappa shape index (κ1) is 14.8. The molecule has 0 aliphatic carbocycles. The highest BCUT2D eigenvalue weighted by Crippen LogP contribution is 2.10. The second kappa shape index (κ2) is 7.84. The van der Waals surface area contributed by atoms with Crippen molar-refractivity contribution in [2.24, 2.45) is 0 Å². The van der Waals surface area contributed by atoms with Crippen molar-refractivity contribution in [3.8, 4) is 5.75 Å². The van der Waals surface area contributed by atoms with Gasteiger partial charge in [0.1, 0.15) is 18.2 Å². The SMILES string of the molecule is O=C(NCCOc1ccc(F)cc1)NCc1cccnc1. The fourth-order valence-corrected chi connectivity index (χ4v) is 1.61. The fraction of sp³-hybridized carbons (Fsp3) is 0.200. The van der Waals surface area contributed by atoms with Crippen LogP contribution < -0.4 is 15.4 Å². The van der Waals surface area contributed by atoms with E-state index in [1.165, 1.54) is 24.3 Å². The monoisotopic (exact) mass is 289 g/mol. The maximum absolute atomic E-state index is 12.7. The number of rotatable bonds is 6. The van der Waals surface area contributed by atoms with Crippen molar-refractivity contribution in [2.75, 3.05) is 13.2 Å². The normalized spacial score (nSPS) is 9.95. The van der Waals surface area contributed by atoms with Gasteiger partial charge in [-0.1, -0.05) is 6.07 Å². The van der Waals surface area contributed by atoms with E-state index in [4.69, 9.17) is 4.74 Å². The smallest absolute Gasteiger partial charge is 0.315 e. The molecule has 0 aliphatic rings. The first-order valence-electron chi connectivity index (χ1n) is 6.53. The Morgan fingerprint density at radius 1 is 1.19 bits per heavy atom. The van der Waals surface area contributed by atoms with E-state index in [0.29, 0.717) is 25.4 Å². The van der Waals surface area contributed by atoms with Crippen molar-refractivity contribution >= 4 is 6.03 Å². The van der Waals surface area contributed by atoms with Gasteiger partial charge in [-0.15, -0.1) is 0 Å². The Morgan fingerprint density at radius 2 is 2.00 bits per heavy atom. The van der Waals surface area contributed by atoms with Crippen LogP contribution in [-0.4, -0.2) is 24.2 Å². The Kier molecular flexibility index (Phi) is 5.51. The molecule has 0 unspecified atom stereocenters. The molecule has 110 valence electrons. The minimum absolute atomic E-state index is 0.276. The molecule has 2 aromatic rings. The summed E-state index contributed by atoms with van der Waals surface area (Å²) in [6, 6.07) is 9.14. The molecule has 0 bridgehead atoms. The lowest BCUT2D eigenvalue weighted by Crippen LogP contribution is -2.37. The minimum atomic E-state index is -0.310. The standard InChI is InChI=1S/C15H16FN3O2/c16-13-3-5-14(6-4-13)21-9-8-18-15(20)19-11-12-2-1-7-17-10-12/h1-7,10H,8-9,11H2,(H2,18,19,20). The van der Waals surface area contributed by atoms with Gasteiger partial charge in [0.2, 0.25) is 0 Å². The summed E-state index contributed by atoms with van der Waals surface area (Å²) in [6.45, 7) is 1.08. The highest BCUT2D eigenvalue weighted by atomic mass is 19.1. The van der Waals surface area contributed by atoms with E-state index in [9.17, 15) is 9.18 Å². The number of carbonyl (C=O) groups is 1. The number of urea groups is 1. The van der Waals surface area contributed by atoms with E-state index in [-0.39, 0.29) is 11.8 Å². The zero-order valence-electron chi connectivity index (χ0n) is 11.4. The van der Waals surface area contributed by atoms with Crippen LogP contribution in [0.5, 0.6) is 5.75 Å². The van der Waals surface area contributed by atoms with Gasteiger partial charge in [0.05, 0.1) is 6.54 Å². The third-order valence-corrected chi connectivity index (χ3v) is 2.65. The molecule has 0 saturated heterocycles. The number of hydrogen-bond acceptors (Lipinski definition) is 3. The Labute approximate surface area is 122 Å². The molecule has 2 amide bonds. The Balaban J connectivity index is 1.60. The molecule has 1 aromatic carbocycles. The van der Waals surface area contributed by atoms with E-state index in [1.807, 2.05) is 12.1 Å². The molecule has 2 rings (SSSR count). The van der Waals surface area contributed by atoms with Gasteiger partial charge in [-0.25, -0.2) is 9.18 Å². The molecule has 2 N–H and O–H groups in total. The second-order valence-electron chi connectivity index (χ2n) is 4.27. The van der Waals surface area contributed by atoms with Gasteiger partial charge in [-0.2, -0.15) is 0 Å². The number of amides is 2. The minimum Gasteiger partial charge on any atom is -0.492 e. The van der Waals surface area contributed by atoms with Gasteiger partial charge in [0, 0.05) is 18.9 Å². The third kappa shape index (κ3) is 5.48. The highest BCUT2D eigenvalue weighted by molar-refractivity contribution is 5.73. The first-order chi connectivity index (χ1) is 10.2. The molecule has 0 fully saturated rings. The summed E-state index contributed by atoms with van der Waals surface area (Å²) in [5.74, 6) is 0.254. The van der Waals surface area contributed by atoms with Gasteiger partial charge < -0.3 is 15.4 Å². The average Bonchev–Trinajstić information content (AvgIpc) is 2.52. The van der Waals surface area contributed by atoms with Crippen molar-refractivity contribution in [1.82, 2.24) is 15.6 Å². The van der Waals surface area contributed by atoms with Crippen LogP contribution in [0.3, 0.4) is 0 Å². The summed E-state index contributed by atoms with van der Waals surface area (Å²) < 4.78 is 18.0. The molecular weight excluding hydrogens is 273 g/mol. The van der Waals surface area contributed by atoms with Crippen molar-refractivity contribution in [1.29, 1.82) is 0 Å². The molecule has 5 nitrogen and oxygen atoms in total. The zero-order chi connectivity index (χ0) is 14.9. The molecule has 0 spiro atoms. The summed E-state index contributed by atoms with van der Waals surface area (Å²) >= 11 is 0. The fourth-order valence-electron chi connectivity index (χ4n) is 1.61. The molecule has 6 heteroatoms. The number of nitrogens with zero attached hydrogens (tertiary/aromatic N) is 1. The van der Waals surface area contributed by atoms with Gasteiger partial charge >= 0.3 is 6.03 Å². The van der Waals surface area contributed by atoms with Crippen molar-refractivity contribution in [3.63, 3.8) is 0 Å². The largest absolute Gasteiger partial charge is 0.492 e. The topological polar surface area (TPSA) is 63.2 Å². The van der Waals surface area contributed by atoms with Crippen LogP contribution in [0.25, 0.3) is 0 Å². The molecule has 0 atom stereocenters. The number of ether oxygens (including phenoxy) is 1. The lowest BCUT2D eigenvalue weighted by molar-refractivity contribution is 0.236. The van der Waals surface area contributed by atoms with E-state index < -0.39 is 0 Å². The predicted octanol–water partition coefficient (Wildman–Crippen LogP) is 2.10. The summed E-state index contributed by atoms with van der Waals surface area (Å²) in [7, 11) is 0. The summed E-state index contributed by atoms with van der Waals surface area (Å²) in [4.78, 5) is 15.5. The maximum Gasteiger partial charge on any atom is 0.315 e. The molecule has 1 heterocycles. The Bertz CT molecular complexity index is 561. The van der Waals surface area contributed by atoms with Gasteiger partial charge in [0.25, 0.3) is 0 Å². The third-order valence-electron chi connectivity index (χ3n) is 2.65. The zero-order valence-corrected chi connectivity index (χ0v) is 11.4. The van der Waals surface area contributed by atoms with Crippen LogP contribution in [0.2, 0.25) is 0 Å². The van der Waals surface area contributed by atoms with E-state index in [1.54, 1.807) is 12.4 Å². The number of aromatic nitrogens is 1. The van der Waals surface area contributed by atoms with E-state index in [2.05, 4.69) is 15.6 Å². The highest BCUT2D eigenvalue weighted by Gasteiger charge is 2.00. The van der Waals surface area contributed by atoms with Crippen LogP contribution in [0.15, 0.2) is 48.8 Å². The Hall–Kier alpha value is -2.63. The lowest BCUT2D eigenvalue weighted by Gasteiger charge is -2.09. The van der Waals surface area contributed by atoms with Crippen LogP contribution >= 0.6 is 0 Å². The second-order valence-corrected chi connectivity index (χ2v) is 4.27. The van der Waals surface area contributed by atoms with Crippen molar-refractivity contribution < 1.29 is 13.9 Å². The molecule has 0 radical (unpaired) electrons. The average molecular weight is 289 g/mol. The summed E-state index contributed by atoms with van der Waals surface area (Å²) in [6.07, 6.45) is 3.37. The maximum atomic E-state index is 12.7. The Morgan fingerprint density at radius 3 is 2.71 bits per heavy atom. The predicted molar refractivity (Wildman–Crippen MR) is 76.4 cm³/mol.